The molecule has 0 spiro atoms. The van der Waals surface area contributed by atoms with E-state index in [4.69, 9.17) is 0 Å². The number of hydrogen-bond acceptors (Lipinski definition) is 3. The van der Waals surface area contributed by atoms with Crippen LogP contribution in [0.4, 0.5) is 5.69 Å². The molecule has 4 heteroatoms. The Morgan fingerprint density at radius 2 is 2.00 bits per heavy atom. The van der Waals surface area contributed by atoms with E-state index >= 15 is 0 Å². The van der Waals surface area contributed by atoms with Gasteiger partial charge in [0, 0.05) is 37.7 Å². The fraction of sp³-hybridized carbons (Fsp3) is 0.294. The zero-order valence-corrected chi connectivity index (χ0v) is 12.5. The molecular weight excluding hydrogens is 262 g/mol. The van der Waals surface area contributed by atoms with Crippen LogP contribution in [0.1, 0.15) is 12.5 Å². The van der Waals surface area contributed by atoms with Gasteiger partial charge in [-0.25, -0.2) is 0 Å². The maximum absolute atomic E-state index is 11.9. The maximum Gasteiger partial charge on any atom is 0.224 e. The van der Waals surface area contributed by atoms with Crippen molar-refractivity contribution in [2.75, 3.05) is 18.5 Å². The van der Waals surface area contributed by atoms with Crippen molar-refractivity contribution in [3.63, 3.8) is 0 Å². The van der Waals surface area contributed by atoms with Crippen molar-refractivity contribution in [2.45, 2.75) is 19.4 Å². The first-order chi connectivity index (χ1) is 10.2. The number of carbonyl (C=O) groups is 1. The van der Waals surface area contributed by atoms with Crippen LogP contribution in [-0.4, -0.2) is 30.5 Å². The zero-order chi connectivity index (χ0) is 15.1. The summed E-state index contributed by atoms with van der Waals surface area (Å²) in [7, 11) is 2.03. The number of likely N-dealkylation sites (N-methyl/N-ethyl adjacent to an activating group) is 1. The summed E-state index contributed by atoms with van der Waals surface area (Å²) >= 11 is 0. The third-order valence-electron chi connectivity index (χ3n) is 3.51. The summed E-state index contributed by atoms with van der Waals surface area (Å²) < 4.78 is 0. The fourth-order valence-corrected chi connectivity index (χ4v) is 2.07. The van der Waals surface area contributed by atoms with Crippen LogP contribution in [-0.2, 0) is 11.2 Å². The van der Waals surface area contributed by atoms with Crippen LogP contribution >= 0.6 is 0 Å². The van der Waals surface area contributed by atoms with Crippen LogP contribution in [0.25, 0.3) is 0 Å². The average Bonchev–Trinajstić information content (AvgIpc) is 2.53. The van der Waals surface area contributed by atoms with Crippen molar-refractivity contribution < 1.29 is 4.79 Å². The van der Waals surface area contributed by atoms with Crippen molar-refractivity contribution in [2.24, 2.45) is 0 Å². The smallest absolute Gasteiger partial charge is 0.224 e. The van der Waals surface area contributed by atoms with E-state index in [1.807, 2.05) is 37.4 Å². The van der Waals surface area contributed by atoms with E-state index in [1.165, 1.54) is 0 Å². The number of amides is 1. The molecule has 1 N–H and O–H groups in total. The minimum Gasteiger partial charge on any atom is -0.370 e. The second-order valence-corrected chi connectivity index (χ2v) is 5.14. The Bertz CT molecular complexity index is 557. The van der Waals surface area contributed by atoms with Crippen LogP contribution < -0.4 is 10.2 Å². The molecule has 0 radical (unpaired) electrons. The molecule has 0 saturated carbocycles. The number of nitrogens with zero attached hydrogens (tertiary/aromatic N) is 2. The molecule has 1 amide bonds. The maximum atomic E-state index is 11.9. The number of nitrogens with one attached hydrogen (secondary N) is 1. The Balaban J connectivity index is 1.81. The van der Waals surface area contributed by atoms with Gasteiger partial charge in [0.25, 0.3) is 0 Å². The molecule has 110 valence electrons. The molecule has 2 rings (SSSR count). The third-order valence-corrected chi connectivity index (χ3v) is 3.51. The Morgan fingerprint density at radius 1 is 1.24 bits per heavy atom. The first kappa shape index (κ1) is 15.0. The van der Waals surface area contributed by atoms with Gasteiger partial charge in [-0.1, -0.05) is 24.3 Å². The Hall–Kier alpha value is -2.36. The molecule has 4 nitrogen and oxygen atoms in total. The van der Waals surface area contributed by atoms with Gasteiger partial charge in [-0.3, -0.25) is 9.78 Å². The van der Waals surface area contributed by atoms with Gasteiger partial charge in [-0.15, -0.1) is 0 Å². The van der Waals surface area contributed by atoms with E-state index in [0.717, 1.165) is 11.3 Å². The summed E-state index contributed by atoms with van der Waals surface area (Å²) in [5.74, 6) is 0.0244. The summed E-state index contributed by atoms with van der Waals surface area (Å²) in [6, 6.07) is 14.1. The van der Waals surface area contributed by atoms with Gasteiger partial charge in [0.05, 0.1) is 6.42 Å². The number of rotatable bonds is 6. The molecule has 0 aliphatic carbocycles. The topological polar surface area (TPSA) is 45.2 Å². The highest BCUT2D eigenvalue weighted by molar-refractivity contribution is 5.78. The normalized spacial score (nSPS) is 11.7. The highest BCUT2D eigenvalue weighted by Crippen LogP contribution is 2.13. The Kier molecular flexibility index (Phi) is 5.32. The summed E-state index contributed by atoms with van der Waals surface area (Å²) in [4.78, 5) is 18.1. The van der Waals surface area contributed by atoms with Crippen molar-refractivity contribution in [3.05, 3.63) is 60.4 Å². The van der Waals surface area contributed by atoms with Gasteiger partial charge < -0.3 is 10.2 Å². The molecule has 1 atom stereocenters. The standard InChI is InChI=1S/C17H21N3O/c1-14(20(2)16-8-4-3-5-9-16)12-19-17(21)11-15-7-6-10-18-13-15/h3-10,13-14H,11-12H2,1-2H3,(H,19,21)/t14-/m1/s1. The SMILES string of the molecule is C[C@H](CNC(=O)Cc1cccnc1)N(C)c1ccccc1. The molecule has 0 fully saturated rings. The van der Waals surface area contributed by atoms with E-state index in [0.29, 0.717) is 13.0 Å². The first-order valence-electron chi connectivity index (χ1n) is 7.10. The minimum atomic E-state index is 0.0244. The summed E-state index contributed by atoms with van der Waals surface area (Å²) in [6.45, 7) is 2.71. The van der Waals surface area contributed by atoms with Gasteiger partial charge in [0.2, 0.25) is 5.91 Å². The monoisotopic (exact) mass is 283 g/mol. The van der Waals surface area contributed by atoms with Gasteiger partial charge in [-0.2, -0.15) is 0 Å². The number of pyridine rings is 1. The summed E-state index contributed by atoms with van der Waals surface area (Å²) in [6.07, 6.45) is 3.80. The molecule has 2 aromatic rings. The lowest BCUT2D eigenvalue weighted by molar-refractivity contribution is -0.120. The number of anilines is 1. The van der Waals surface area contributed by atoms with Gasteiger partial charge in [0.15, 0.2) is 0 Å². The quantitative estimate of drug-likeness (QED) is 0.884. The first-order valence-corrected chi connectivity index (χ1v) is 7.10. The number of aromatic nitrogens is 1. The lowest BCUT2D eigenvalue weighted by Gasteiger charge is -2.27. The molecule has 21 heavy (non-hydrogen) atoms. The molecule has 1 aromatic heterocycles. The third kappa shape index (κ3) is 4.60. The van der Waals surface area contributed by atoms with Crippen LogP contribution in [0.2, 0.25) is 0 Å². The minimum absolute atomic E-state index is 0.0244. The lowest BCUT2D eigenvalue weighted by Crippen LogP contribution is -2.40. The molecule has 1 heterocycles. The van der Waals surface area contributed by atoms with Crippen molar-refractivity contribution in [3.8, 4) is 0 Å². The zero-order valence-electron chi connectivity index (χ0n) is 12.5. The number of carbonyl (C=O) groups excluding carboxylic acids is 1. The van der Waals surface area contributed by atoms with Crippen molar-refractivity contribution in [1.29, 1.82) is 0 Å². The second-order valence-electron chi connectivity index (χ2n) is 5.14. The van der Waals surface area contributed by atoms with Crippen LogP contribution in [0.15, 0.2) is 54.9 Å². The van der Waals surface area contributed by atoms with Gasteiger partial charge >= 0.3 is 0 Å². The fourth-order valence-electron chi connectivity index (χ4n) is 2.07. The highest BCUT2D eigenvalue weighted by Gasteiger charge is 2.11. The summed E-state index contributed by atoms with van der Waals surface area (Å²) in [5, 5.41) is 2.97. The molecule has 1 aromatic carbocycles. The van der Waals surface area contributed by atoms with Crippen LogP contribution in [0.3, 0.4) is 0 Å². The highest BCUT2D eigenvalue weighted by atomic mass is 16.1. The van der Waals surface area contributed by atoms with Crippen molar-refractivity contribution >= 4 is 11.6 Å². The van der Waals surface area contributed by atoms with E-state index in [9.17, 15) is 4.79 Å². The molecule has 0 saturated heterocycles. The van der Waals surface area contributed by atoms with E-state index in [-0.39, 0.29) is 11.9 Å². The van der Waals surface area contributed by atoms with E-state index in [1.54, 1.807) is 12.4 Å². The Labute approximate surface area is 125 Å². The summed E-state index contributed by atoms with van der Waals surface area (Å²) in [5.41, 5.74) is 2.07. The van der Waals surface area contributed by atoms with E-state index < -0.39 is 0 Å². The predicted octanol–water partition coefficient (Wildman–Crippen LogP) is 2.27. The number of benzene rings is 1. The molecule has 0 aliphatic rings. The van der Waals surface area contributed by atoms with Crippen molar-refractivity contribution in [1.82, 2.24) is 10.3 Å². The predicted molar refractivity (Wildman–Crippen MR) is 85.3 cm³/mol. The molecular formula is C17H21N3O. The van der Waals surface area contributed by atoms with Gasteiger partial charge in [0.1, 0.15) is 0 Å². The largest absolute Gasteiger partial charge is 0.370 e. The molecule has 0 bridgehead atoms. The Morgan fingerprint density at radius 3 is 2.67 bits per heavy atom. The van der Waals surface area contributed by atoms with Crippen LogP contribution in [0, 0.1) is 0 Å². The molecule has 0 aliphatic heterocycles. The molecule has 0 unspecified atom stereocenters. The lowest BCUT2D eigenvalue weighted by atomic mass is 10.2. The van der Waals surface area contributed by atoms with E-state index in [2.05, 4.69) is 34.3 Å². The van der Waals surface area contributed by atoms with Crippen LogP contribution in [0.5, 0.6) is 0 Å². The van der Waals surface area contributed by atoms with Gasteiger partial charge in [-0.05, 0) is 30.7 Å². The number of para-hydroxylation sites is 1. The second kappa shape index (κ2) is 7.43. The number of hydrogen-bond donors (Lipinski definition) is 1. The average molecular weight is 283 g/mol.